The first-order valence-corrected chi connectivity index (χ1v) is 11.4. The Hall–Kier alpha value is -2.07. The van der Waals surface area contributed by atoms with Crippen molar-refractivity contribution < 1.29 is 18.0 Å². The van der Waals surface area contributed by atoms with Gasteiger partial charge in [0.05, 0.1) is 22.9 Å². The number of carbonyl (C=O) groups is 1. The molecule has 1 amide bonds. The Morgan fingerprint density at radius 1 is 1.43 bits per heavy atom. The van der Waals surface area contributed by atoms with E-state index in [0.717, 1.165) is 30.8 Å². The summed E-state index contributed by atoms with van der Waals surface area (Å²) in [6.45, 7) is 4.20. The first-order chi connectivity index (χ1) is 13.3. The average Bonchev–Trinajstić information content (AvgIpc) is 3.18. The summed E-state index contributed by atoms with van der Waals surface area (Å²) in [7, 11) is -3.04. The van der Waals surface area contributed by atoms with E-state index >= 15 is 0 Å². The predicted molar refractivity (Wildman–Crippen MR) is 102 cm³/mol. The highest BCUT2D eigenvalue weighted by molar-refractivity contribution is 7.91. The Morgan fingerprint density at radius 2 is 2.29 bits per heavy atom. The number of rotatable bonds is 4. The van der Waals surface area contributed by atoms with E-state index in [0.29, 0.717) is 31.6 Å². The van der Waals surface area contributed by atoms with Crippen molar-refractivity contribution in [3.8, 4) is 0 Å². The maximum absolute atomic E-state index is 12.5. The zero-order valence-electron chi connectivity index (χ0n) is 15.9. The Labute approximate surface area is 164 Å². The quantitative estimate of drug-likeness (QED) is 0.758. The number of carbonyl (C=O) groups excluding carboxylic acids is 1. The van der Waals surface area contributed by atoms with E-state index in [1.165, 1.54) is 0 Å². The first kappa shape index (κ1) is 19.3. The van der Waals surface area contributed by atoms with Crippen molar-refractivity contribution in [1.82, 2.24) is 20.2 Å². The lowest BCUT2D eigenvalue weighted by molar-refractivity contribution is -0.115. The number of hydrogen-bond donors (Lipinski definition) is 1. The van der Waals surface area contributed by atoms with E-state index < -0.39 is 15.4 Å². The molecule has 0 aromatic carbocycles. The summed E-state index contributed by atoms with van der Waals surface area (Å²) in [5.41, 5.74) is 1.65. The largest absolute Gasteiger partial charge is 0.387 e. The summed E-state index contributed by atoms with van der Waals surface area (Å²) in [5.74, 6) is -0.189. The van der Waals surface area contributed by atoms with E-state index in [1.54, 1.807) is 12.4 Å². The molecule has 0 saturated carbocycles. The Balaban J connectivity index is 1.34. The molecule has 10 heteroatoms. The Kier molecular flexibility index (Phi) is 5.09. The van der Waals surface area contributed by atoms with E-state index in [2.05, 4.69) is 25.3 Å². The van der Waals surface area contributed by atoms with Crippen molar-refractivity contribution in [2.24, 2.45) is 5.16 Å². The highest BCUT2D eigenvalue weighted by atomic mass is 32.2. The third-order valence-electron chi connectivity index (χ3n) is 5.48. The summed E-state index contributed by atoms with van der Waals surface area (Å²) in [5, 5.41) is 6.84. The molecule has 0 bridgehead atoms. The minimum Gasteiger partial charge on any atom is -0.387 e. The maximum Gasteiger partial charge on any atom is 0.269 e. The smallest absolute Gasteiger partial charge is 0.269 e. The van der Waals surface area contributed by atoms with E-state index in [1.807, 2.05) is 6.92 Å². The van der Waals surface area contributed by atoms with Crippen LogP contribution in [0.2, 0.25) is 0 Å². The number of hydrogen-bond acceptors (Lipinski definition) is 8. The van der Waals surface area contributed by atoms with Gasteiger partial charge >= 0.3 is 0 Å². The van der Waals surface area contributed by atoms with Crippen molar-refractivity contribution in [3.63, 3.8) is 0 Å². The highest BCUT2D eigenvalue weighted by Gasteiger charge is 2.45. The third kappa shape index (κ3) is 4.33. The fourth-order valence-corrected chi connectivity index (χ4v) is 5.86. The molecule has 0 unspecified atom stereocenters. The van der Waals surface area contributed by atoms with Gasteiger partial charge in [-0.2, -0.15) is 0 Å². The summed E-state index contributed by atoms with van der Waals surface area (Å²) in [6, 6.07) is -0.334. The van der Waals surface area contributed by atoms with Gasteiger partial charge in [-0.15, -0.1) is 0 Å². The molecular formula is C18H25N5O4S. The number of aryl methyl sites for hydroxylation is 1. The normalized spacial score (nSPS) is 29.5. The lowest BCUT2D eigenvalue weighted by Crippen LogP contribution is -2.49. The molecule has 4 heterocycles. The molecule has 2 saturated heterocycles. The lowest BCUT2D eigenvalue weighted by Gasteiger charge is -2.38. The van der Waals surface area contributed by atoms with Crippen molar-refractivity contribution in [3.05, 3.63) is 23.8 Å². The molecule has 9 nitrogen and oxygen atoms in total. The highest BCUT2D eigenvalue weighted by Crippen LogP contribution is 2.34. The van der Waals surface area contributed by atoms with Crippen molar-refractivity contribution in [2.75, 3.05) is 24.6 Å². The van der Waals surface area contributed by atoms with Gasteiger partial charge in [0.1, 0.15) is 5.71 Å². The van der Waals surface area contributed by atoms with Gasteiger partial charge in [0.25, 0.3) is 5.91 Å². The molecule has 1 N–H and O–H groups in total. The zero-order valence-corrected chi connectivity index (χ0v) is 16.7. The minimum absolute atomic E-state index is 0.00330. The first-order valence-electron chi connectivity index (χ1n) is 9.59. The molecule has 4 rings (SSSR count). The number of nitrogens with one attached hydrogen (secondary N) is 1. The van der Waals surface area contributed by atoms with Crippen LogP contribution in [0.1, 0.15) is 37.1 Å². The fourth-order valence-electron chi connectivity index (χ4n) is 4.19. The van der Waals surface area contributed by atoms with Gasteiger partial charge in [0.15, 0.2) is 15.4 Å². The maximum atomic E-state index is 12.5. The van der Waals surface area contributed by atoms with Crippen LogP contribution in [-0.2, 0) is 26.0 Å². The predicted octanol–water partition coefficient (Wildman–Crippen LogP) is 0.199. The molecule has 0 aliphatic carbocycles. The molecule has 28 heavy (non-hydrogen) atoms. The van der Waals surface area contributed by atoms with Gasteiger partial charge < -0.3 is 10.2 Å². The molecule has 2 atom stereocenters. The number of piperidine rings is 1. The molecule has 3 aliphatic heterocycles. The van der Waals surface area contributed by atoms with E-state index in [-0.39, 0.29) is 23.5 Å². The van der Waals surface area contributed by atoms with Gasteiger partial charge in [0.2, 0.25) is 0 Å². The molecular weight excluding hydrogens is 382 g/mol. The van der Waals surface area contributed by atoms with E-state index in [4.69, 9.17) is 4.84 Å². The van der Waals surface area contributed by atoms with Crippen LogP contribution >= 0.6 is 0 Å². The monoisotopic (exact) mass is 407 g/mol. The van der Waals surface area contributed by atoms with Crippen LogP contribution in [0, 0.1) is 6.92 Å². The summed E-state index contributed by atoms with van der Waals surface area (Å²) < 4.78 is 23.1. The summed E-state index contributed by atoms with van der Waals surface area (Å²) >= 11 is 0. The molecule has 3 aliphatic rings. The van der Waals surface area contributed by atoms with Gasteiger partial charge in [-0.05, 0) is 32.7 Å². The van der Waals surface area contributed by atoms with Gasteiger partial charge in [-0.1, -0.05) is 5.16 Å². The molecule has 0 radical (unpaired) electrons. The van der Waals surface area contributed by atoms with Crippen molar-refractivity contribution in [2.45, 2.75) is 50.8 Å². The molecule has 1 spiro atoms. The number of likely N-dealkylation sites (tertiary alicyclic amines) is 1. The van der Waals surface area contributed by atoms with Crippen LogP contribution in [0.5, 0.6) is 0 Å². The number of aromatic nitrogens is 2. The van der Waals surface area contributed by atoms with E-state index in [9.17, 15) is 13.2 Å². The Bertz CT molecular complexity index is 903. The molecule has 1 aromatic heterocycles. The Morgan fingerprint density at radius 3 is 3.04 bits per heavy atom. The minimum atomic E-state index is -3.04. The molecule has 2 fully saturated rings. The number of sulfone groups is 1. The van der Waals surface area contributed by atoms with Crippen LogP contribution in [-0.4, -0.2) is 71.1 Å². The lowest BCUT2D eigenvalue weighted by atomic mass is 9.88. The van der Waals surface area contributed by atoms with Gasteiger partial charge in [-0.3, -0.25) is 19.7 Å². The second-order valence-electron chi connectivity index (χ2n) is 8.03. The number of amides is 1. The zero-order chi connectivity index (χ0) is 19.8. The van der Waals surface area contributed by atoms with Gasteiger partial charge in [0, 0.05) is 37.9 Å². The van der Waals surface area contributed by atoms with Crippen LogP contribution in [0.3, 0.4) is 0 Å². The topological polar surface area (TPSA) is 114 Å². The average molecular weight is 407 g/mol. The van der Waals surface area contributed by atoms with Crippen LogP contribution in [0.4, 0.5) is 0 Å². The van der Waals surface area contributed by atoms with Gasteiger partial charge in [-0.25, -0.2) is 8.42 Å². The fraction of sp³-hybridized carbons (Fsp3) is 0.667. The van der Waals surface area contributed by atoms with Crippen LogP contribution in [0.15, 0.2) is 17.5 Å². The number of nitrogens with zero attached hydrogens (tertiary/aromatic N) is 4. The number of oxime groups is 1. The second-order valence-corrected chi connectivity index (χ2v) is 10.3. The van der Waals surface area contributed by atoms with Crippen LogP contribution < -0.4 is 5.32 Å². The SMILES string of the molecule is Cc1cncc(CN2CCC[C@]3(CC(C(=O)N[C@H]4CCS(=O)(=O)C4)=NO3)C2)n1. The van der Waals surface area contributed by atoms with Crippen molar-refractivity contribution >= 4 is 21.5 Å². The molecule has 152 valence electrons. The third-order valence-corrected chi connectivity index (χ3v) is 7.25. The second kappa shape index (κ2) is 7.40. The van der Waals surface area contributed by atoms with Crippen molar-refractivity contribution in [1.29, 1.82) is 0 Å². The summed E-state index contributed by atoms with van der Waals surface area (Å²) in [6.07, 6.45) is 6.18. The molecule has 1 aromatic rings. The van der Waals surface area contributed by atoms with Crippen LogP contribution in [0.25, 0.3) is 0 Å². The summed E-state index contributed by atoms with van der Waals surface area (Å²) in [4.78, 5) is 29.2. The standard InChI is InChI=1S/C18H25N5O4S/c1-13-8-19-9-15(20-13)10-23-5-2-4-18(12-23)7-16(22-27-18)17(24)21-14-3-6-28(25,26)11-14/h8-9,14H,2-7,10-12H2,1H3,(H,21,24)/t14-,18-/m0/s1.